The van der Waals surface area contributed by atoms with Crippen molar-refractivity contribution in [1.29, 1.82) is 0 Å². The average molecular weight is 366 g/mol. The first kappa shape index (κ1) is 15.9. The lowest BCUT2D eigenvalue weighted by Crippen LogP contribution is -2.12. The molecule has 0 bridgehead atoms. The van der Waals surface area contributed by atoms with Gasteiger partial charge in [-0.25, -0.2) is 0 Å². The molecular formula is C15H12ClN3O2S2. The molecule has 0 aliphatic carbocycles. The Morgan fingerprint density at radius 2 is 2.00 bits per heavy atom. The zero-order chi connectivity index (χ0) is 16.6. The molecule has 0 saturated carbocycles. The fourth-order valence-corrected chi connectivity index (χ4v) is 4.08. The van der Waals surface area contributed by atoms with Gasteiger partial charge in [-0.05, 0) is 30.3 Å². The molecule has 3 rings (SSSR count). The molecule has 0 aliphatic heterocycles. The minimum atomic E-state index is -0.314. The molecule has 0 unspecified atom stereocenters. The maximum absolute atomic E-state index is 12.2. The number of thiophene rings is 1. The number of thiazole rings is 1. The van der Waals surface area contributed by atoms with Crippen LogP contribution in [0.1, 0.15) is 16.6 Å². The molecule has 0 atom stereocenters. The van der Waals surface area contributed by atoms with Crippen molar-refractivity contribution in [1.82, 2.24) is 4.57 Å². The standard InChI is InChI=1S/C15H12ClN3O2S2/c1-8(20)17-9-3-4-10-12(7-9)23-15(19(10)2)18-14(21)11-5-6-13(16)22-11/h3-7H,1-2H3,(H,17,20). The number of amides is 2. The van der Waals surface area contributed by atoms with E-state index in [2.05, 4.69) is 10.3 Å². The molecule has 0 aliphatic rings. The number of carbonyl (C=O) groups is 2. The number of hydrogen-bond acceptors (Lipinski definition) is 4. The van der Waals surface area contributed by atoms with Crippen molar-refractivity contribution in [3.63, 3.8) is 0 Å². The number of aromatic nitrogens is 1. The van der Waals surface area contributed by atoms with Gasteiger partial charge in [0.15, 0.2) is 4.80 Å². The number of aryl methyl sites for hydroxylation is 1. The number of carbonyl (C=O) groups excluding carboxylic acids is 2. The van der Waals surface area contributed by atoms with Gasteiger partial charge in [-0.3, -0.25) is 9.59 Å². The van der Waals surface area contributed by atoms with Crippen LogP contribution in [0.3, 0.4) is 0 Å². The Hall–Kier alpha value is -1.96. The summed E-state index contributed by atoms with van der Waals surface area (Å²) in [5, 5.41) is 2.74. The maximum Gasteiger partial charge on any atom is 0.289 e. The monoisotopic (exact) mass is 365 g/mol. The number of hydrogen-bond donors (Lipinski definition) is 1. The molecule has 2 heterocycles. The van der Waals surface area contributed by atoms with Crippen LogP contribution in [0.2, 0.25) is 4.34 Å². The second-order valence-corrected chi connectivity index (χ2v) is 7.55. The van der Waals surface area contributed by atoms with E-state index in [4.69, 9.17) is 11.6 Å². The molecule has 1 N–H and O–H groups in total. The third-order valence-corrected chi connectivity index (χ3v) is 5.42. The molecule has 0 spiro atoms. The predicted octanol–water partition coefficient (Wildman–Crippen LogP) is 3.65. The summed E-state index contributed by atoms with van der Waals surface area (Å²) in [7, 11) is 1.85. The first-order valence-electron chi connectivity index (χ1n) is 6.65. The Bertz CT molecular complexity index is 984. The number of rotatable bonds is 2. The molecule has 8 heteroatoms. The predicted molar refractivity (Wildman–Crippen MR) is 94.3 cm³/mol. The van der Waals surface area contributed by atoms with Gasteiger partial charge in [-0.15, -0.1) is 11.3 Å². The molecule has 3 aromatic rings. The van der Waals surface area contributed by atoms with Gasteiger partial charge in [-0.1, -0.05) is 22.9 Å². The van der Waals surface area contributed by atoms with Gasteiger partial charge in [0.1, 0.15) is 0 Å². The summed E-state index contributed by atoms with van der Waals surface area (Å²) in [6, 6.07) is 8.93. The van der Waals surface area contributed by atoms with E-state index in [0.29, 0.717) is 14.0 Å². The van der Waals surface area contributed by atoms with Crippen LogP contribution in [0, 0.1) is 0 Å². The highest BCUT2D eigenvalue weighted by Gasteiger charge is 2.10. The van der Waals surface area contributed by atoms with E-state index in [1.54, 1.807) is 12.1 Å². The summed E-state index contributed by atoms with van der Waals surface area (Å²) < 4.78 is 3.35. The smallest absolute Gasteiger partial charge is 0.289 e. The van der Waals surface area contributed by atoms with Crippen molar-refractivity contribution < 1.29 is 9.59 Å². The summed E-state index contributed by atoms with van der Waals surface area (Å²) in [5.41, 5.74) is 1.66. The molecular weight excluding hydrogens is 354 g/mol. The van der Waals surface area contributed by atoms with Crippen LogP contribution in [0.25, 0.3) is 10.2 Å². The Morgan fingerprint density at radius 1 is 1.22 bits per heavy atom. The van der Waals surface area contributed by atoms with E-state index >= 15 is 0 Å². The second-order valence-electron chi connectivity index (χ2n) is 4.83. The number of fused-ring (bicyclic) bond motifs is 1. The Balaban J connectivity index is 2.04. The van der Waals surface area contributed by atoms with Crippen LogP contribution < -0.4 is 10.1 Å². The molecule has 0 radical (unpaired) electrons. The highest BCUT2D eigenvalue weighted by molar-refractivity contribution is 7.18. The van der Waals surface area contributed by atoms with Crippen molar-refractivity contribution in [3.05, 3.63) is 44.3 Å². The Morgan fingerprint density at radius 3 is 2.65 bits per heavy atom. The Kier molecular flexibility index (Phi) is 4.34. The first-order chi connectivity index (χ1) is 10.9. The van der Waals surface area contributed by atoms with E-state index in [1.807, 2.05) is 29.8 Å². The lowest BCUT2D eigenvalue weighted by atomic mass is 10.3. The largest absolute Gasteiger partial charge is 0.326 e. The summed E-state index contributed by atoms with van der Waals surface area (Å²) >= 11 is 8.45. The third-order valence-electron chi connectivity index (χ3n) is 3.11. The third kappa shape index (κ3) is 3.36. The minimum absolute atomic E-state index is 0.125. The van der Waals surface area contributed by atoms with Crippen molar-refractivity contribution in [2.75, 3.05) is 5.32 Å². The van der Waals surface area contributed by atoms with Gasteiger partial charge in [0.2, 0.25) is 5.91 Å². The average Bonchev–Trinajstić information content (AvgIpc) is 3.03. The molecule has 0 saturated heterocycles. The summed E-state index contributed by atoms with van der Waals surface area (Å²) in [4.78, 5) is 28.6. The number of halogens is 1. The molecule has 118 valence electrons. The normalized spacial score (nSPS) is 11.9. The van der Waals surface area contributed by atoms with Crippen LogP contribution in [0.4, 0.5) is 5.69 Å². The molecule has 0 fully saturated rings. The summed E-state index contributed by atoms with van der Waals surface area (Å²) in [6.07, 6.45) is 0. The SMILES string of the molecule is CC(=O)Nc1ccc2c(c1)sc(=NC(=O)c1ccc(Cl)s1)n2C. The molecule has 1 aromatic carbocycles. The molecule has 2 aromatic heterocycles. The van der Waals surface area contributed by atoms with Crippen LogP contribution in [-0.2, 0) is 11.8 Å². The highest BCUT2D eigenvalue weighted by Crippen LogP contribution is 2.23. The van der Waals surface area contributed by atoms with E-state index in [9.17, 15) is 9.59 Å². The highest BCUT2D eigenvalue weighted by atomic mass is 35.5. The van der Waals surface area contributed by atoms with Gasteiger partial charge in [0.05, 0.1) is 19.4 Å². The summed E-state index contributed by atoms with van der Waals surface area (Å²) in [6.45, 7) is 1.46. The van der Waals surface area contributed by atoms with Crippen LogP contribution in [0.5, 0.6) is 0 Å². The second kappa shape index (κ2) is 6.27. The topological polar surface area (TPSA) is 63.5 Å². The van der Waals surface area contributed by atoms with Crippen LogP contribution in [0.15, 0.2) is 35.3 Å². The number of anilines is 1. The van der Waals surface area contributed by atoms with E-state index in [0.717, 1.165) is 15.9 Å². The number of nitrogens with zero attached hydrogens (tertiary/aromatic N) is 2. The van der Waals surface area contributed by atoms with Crippen LogP contribution in [-0.4, -0.2) is 16.4 Å². The van der Waals surface area contributed by atoms with Crippen molar-refractivity contribution in [2.24, 2.45) is 12.0 Å². The number of nitrogens with one attached hydrogen (secondary N) is 1. The van der Waals surface area contributed by atoms with Gasteiger partial charge in [0.25, 0.3) is 5.91 Å². The zero-order valence-electron chi connectivity index (χ0n) is 12.3. The number of benzene rings is 1. The molecule has 2 amide bonds. The van der Waals surface area contributed by atoms with Crippen LogP contribution >= 0.6 is 34.3 Å². The van der Waals surface area contributed by atoms with Crippen molar-refractivity contribution in [2.45, 2.75) is 6.92 Å². The quantitative estimate of drug-likeness (QED) is 0.753. The van der Waals surface area contributed by atoms with Crippen molar-refractivity contribution in [3.8, 4) is 0 Å². The minimum Gasteiger partial charge on any atom is -0.326 e. The van der Waals surface area contributed by atoms with E-state index in [-0.39, 0.29) is 11.8 Å². The fourth-order valence-electron chi connectivity index (χ4n) is 2.09. The molecule has 5 nitrogen and oxygen atoms in total. The van der Waals surface area contributed by atoms with Crippen molar-refractivity contribution >= 4 is 62.0 Å². The first-order valence-corrected chi connectivity index (χ1v) is 8.67. The maximum atomic E-state index is 12.2. The van der Waals surface area contributed by atoms with Gasteiger partial charge < -0.3 is 9.88 Å². The fraction of sp³-hybridized carbons (Fsp3) is 0.133. The Labute approximate surface area is 144 Å². The van der Waals surface area contributed by atoms with E-state index < -0.39 is 0 Å². The zero-order valence-corrected chi connectivity index (χ0v) is 14.7. The van der Waals surface area contributed by atoms with E-state index in [1.165, 1.54) is 29.6 Å². The van der Waals surface area contributed by atoms with Gasteiger partial charge >= 0.3 is 0 Å². The van der Waals surface area contributed by atoms with Gasteiger partial charge in [-0.2, -0.15) is 4.99 Å². The lowest BCUT2D eigenvalue weighted by molar-refractivity contribution is -0.114. The summed E-state index contributed by atoms with van der Waals surface area (Å²) in [5.74, 6) is -0.439. The lowest BCUT2D eigenvalue weighted by Gasteiger charge is -2.01. The molecule has 23 heavy (non-hydrogen) atoms. The van der Waals surface area contributed by atoms with Gasteiger partial charge in [0, 0.05) is 19.7 Å².